The molecule has 0 aliphatic carbocycles. The fraction of sp³-hybridized carbons (Fsp3) is 0.0357. The van der Waals surface area contributed by atoms with Gasteiger partial charge in [-0.25, -0.2) is 0 Å². The minimum atomic E-state index is 0.875. The number of rotatable bonds is 7. The van der Waals surface area contributed by atoms with Gasteiger partial charge in [0.1, 0.15) is 11.2 Å². The zero-order valence-electron chi connectivity index (χ0n) is 32.9. The van der Waals surface area contributed by atoms with Crippen molar-refractivity contribution in [3.8, 4) is 39.1 Å². The number of anilines is 3. The number of furan rings is 1. The lowest BCUT2D eigenvalue weighted by Crippen LogP contribution is -2.11. The van der Waals surface area contributed by atoms with Crippen molar-refractivity contribution in [2.75, 3.05) is 4.90 Å². The van der Waals surface area contributed by atoms with Crippen LogP contribution in [-0.4, -0.2) is 4.57 Å². The molecule has 2 heterocycles. The first-order valence-electron chi connectivity index (χ1n) is 20.3. The first-order valence-corrected chi connectivity index (χ1v) is 20.3. The zero-order chi connectivity index (χ0) is 39.5. The van der Waals surface area contributed by atoms with Gasteiger partial charge in [0.15, 0.2) is 0 Å². The number of aryl methyl sites for hydroxylation is 2. The molecule has 0 atom stereocenters. The summed E-state index contributed by atoms with van der Waals surface area (Å²) in [6, 6.07) is 74.2. The van der Waals surface area contributed by atoms with Crippen molar-refractivity contribution in [1.29, 1.82) is 0 Å². The van der Waals surface area contributed by atoms with Crippen LogP contribution in [0.15, 0.2) is 211 Å². The fourth-order valence-electron chi connectivity index (χ4n) is 9.16. The van der Waals surface area contributed by atoms with Gasteiger partial charge in [0.25, 0.3) is 0 Å². The quantitative estimate of drug-likeness (QED) is 0.161. The lowest BCUT2D eigenvalue weighted by molar-refractivity contribution is 0.670. The van der Waals surface area contributed by atoms with Crippen LogP contribution in [0.5, 0.6) is 0 Å². The smallest absolute Gasteiger partial charge is 0.143 e. The molecule has 0 N–H and O–H groups in total. The lowest BCUT2D eigenvalue weighted by Gasteiger charge is -2.28. The van der Waals surface area contributed by atoms with Crippen LogP contribution in [0.3, 0.4) is 0 Å². The van der Waals surface area contributed by atoms with E-state index in [1.165, 1.54) is 55.2 Å². The molecule has 2 aromatic heterocycles. The monoisotopic (exact) mass is 756 g/mol. The van der Waals surface area contributed by atoms with E-state index in [1.807, 2.05) is 6.07 Å². The number of hydrogen-bond donors (Lipinski definition) is 0. The summed E-state index contributed by atoms with van der Waals surface area (Å²) in [4.78, 5) is 2.40. The molecule has 0 saturated carbocycles. The van der Waals surface area contributed by atoms with E-state index in [1.54, 1.807) is 0 Å². The van der Waals surface area contributed by atoms with Crippen LogP contribution in [0.2, 0.25) is 0 Å². The second-order valence-corrected chi connectivity index (χ2v) is 15.5. The minimum absolute atomic E-state index is 0.875. The molecular weight excluding hydrogens is 717 g/mol. The van der Waals surface area contributed by atoms with Crippen molar-refractivity contribution >= 4 is 60.8 Å². The van der Waals surface area contributed by atoms with E-state index in [0.29, 0.717) is 0 Å². The van der Waals surface area contributed by atoms with Crippen LogP contribution in [0.25, 0.3) is 82.8 Å². The number of nitrogens with zero attached hydrogens (tertiary/aromatic N) is 2. The summed E-state index contributed by atoms with van der Waals surface area (Å²) in [5.74, 6) is 0. The molecular formula is C56H40N2O. The molecule has 0 bridgehead atoms. The highest BCUT2D eigenvalue weighted by atomic mass is 16.3. The second kappa shape index (κ2) is 14.1. The van der Waals surface area contributed by atoms with Crippen LogP contribution < -0.4 is 4.90 Å². The van der Waals surface area contributed by atoms with Crippen LogP contribution in [0.1, 0.15) is 11.1 Å². The van der Waals surface area contributed by atoms with E-state index in [9.17, 15) is 0 Å². The van der Waals surface area contributed by atoms with E-state index in [4.69, 9.17) is 4.42 Å². The van der Waals surface area contributed by atoms with Crippen molar-refractivity contribution < 1.29 is 4.42 Å². The Morgan fingerprint density at radius 2 is 0.898 bits per heavy atom. The van der Waals surface area contributed by atoms with E-state index in [0.717, 1.165) is 55.8 Å². The van der Waals surface area contributed by atoms with E-state index < -0.39 is 0 Å². The van der Waals surface area contributed by atoms with E-state index >= 15 is 0 Å². The number of hydrogen-bond acceptors (Lipinski definition) is 2. The molecule has 9 aromatic carbocycles. The molecule has 11 aromatic rings. The number of benzene rings is 9. The average molecular weight is 757 g/mol. The van der Waals surface area contributed by atoms with Gasteiger partial charge in [0.05, 0.1) is 11.0 Å². The van der Waals surface area contributed by atoms with E-state index in [-0.39, 0.29) is 0 Å². The van der Waals surface area contributed by atoms with Crippen LogP contribution >= 0.6 is 0 Å². The third-order valence-corrected chi connectivity index (χ3v) is 11.8. The molecule has 280 valence electrons. The van der Waals surface area contributed by atoms with Crippen molar-refractivity contribution in [2.24, 2.45) is 0 Å². The number of fused-ring (bicyclic) bond motifs is 6. The topological polar surface area (TPSA) is 21.3 Å². The summed E-state index contributed by atoms with van der Waals surface area (Å²) in [7, 11) is 0. The maximum atomic E-state index is 6.75. The molecule has 0 unspecified atom stereocenters. The van der Waals surface area contributed by atoms with Crippen molar-refractivity contribution in [1.82, 2.24) is 4.57 Å². The van der Waals surface area contributed by atoms with Crippen molar-refractivity contribution in [3.05, 3.63) is 217 Å². The second-order valence-electron chi connectivity index (χ2n) is 15.5. The first kappa shape index (κ1) is 34.6. The van der Waals surface area contributed by atoms with Crippen LogP contribution in [0.4, 0.5) is 17.1 Å². The SMILES string of the molecule is Cc1cc(N(c2ccc(-c3ccccc3)cc2)c2cc(-c3ccc(-n4c5ccccc5c5ccccc54)cc3)c3oc4ccccc4c3c2)cc(C)c1-c1ccccc1. The summed E-state index contributed by atoms with van der Waals surface area (Å²) in [6.45, 7) is 4.46. The van der Waals surface area contributed by atoms with Gasteiger partial charge in [-0.3, -0.25) is 0 Å². The molecule has 0 aliphatic rings. The summed E-state index contributed by atoms with van der Waals surface area (Å²) in [5.41, 5.74) is 18.0. The standard InChI is InChI=1S/C56H40N2O/c1-37-33-45(34-38(2)55(37)42-17-7-4-8-18-42)57(43-29-25-40(26-30-43)39-15-5-3-6-16-39)46-35-50(56-51(36-46)49-21-11-14-24-54(49)59-56)41-27-31-44(32-28-41)58-52-22-12-9-19-47(52)48-20-10-13-23-53(48)58/h3-36H,1-2H3. The largest absolute Gasteiger partial charge is 0.455 e. The molecule has 11 rings (SSSR count). The molecule has 0 amide bonds. The summed E-state index contributed by atoms with van der Waals surface area (Å²) in [5, 5.41) is 4.68. The highest BCUT2D eigenvalue weighted by Crippen LogP contribution is 2.45. The highest BCUT2D eigenvalue weighted by molar-refractivity contribution is 6.12. The predicted molar refractivity (Wildman–Crippen MR) is 249 cm³/mol. The van der Waals surface area contributed by atoms with Gasteiger partial charge in [0, 0.05) is 49.9 Å². The Labute approximate surface area is 343 Å². The molecule has 3 nitrogen and oxygen atoms in total. The van der Waals surface area contributed by atoms with Gasteiger partial charge in [-0.1, -0.05) is 140 Å². The van der Waals surface area contributed by atoms with Gasteiger partial charge >= 0.3 is 0 Å². The van der Waals surface area contributed by atoms with Gasteiger partial charge in [0.2, 0.25) is 0 Å². The Kier molecular flexibility index (Phi) is 8.27. The first-order chi connectivity index (χ1) is 29.1. The Balaban J connectivity index is 1.11. The third-order valence-electron chi connectivity index (χ3n) is 11.8. The summed E-state index contributed by atoms with van der Waals surface area (Å²) in [6.07, 6.45) is 0. The molecule has 0 spiro atoms. The molecule has 0 saturated heterocycles. The Morgan fingerprint density at radius 3 is 1.54 bits per heavy atom. The van der Waals surface area contributed by atoms with Gasteiger partial charge in [-0.15, -0.1) is 0 Å². The molecule has 59 heavy (non-hydrogen) atoms. The number of para-hydroxylation sites is 3. The maximum absolute atomic E-state index is 6.75. The van der Waals surface area contributed by atoms with Gasteiger partial charge in [-0.05, 0) is 120 Å². The molecule has 3 heteroatoms. The van der Waals surface area contributed by atoms with Crippen molar-refractivity contribution in [2.45, 2.75) is 13.8 Å². The highest BCUT2D eigenvalue weighted by Gasteiger charge is 2.22. The number of aromatic nitrogens is 1. The Bertz CT molecular complexity index is 3240. The molecule has 0 radical (unpaired) electrons. The third kappa shape index (κ3) is 5.90. The van der Waals surface area contributed by atoms with Crippen LogP contribution in [0, 0.1) is 13.8 Å². The van der Waals surface area contributed by atoms with Crippen molar-refractivity contribution in [3.63, 3.8) is 0 Å². The normalized spacial score (nSPS) is 11.6. The van der Waals surface area contributed by atoms with Crippen LogP contribution in [-0.2, 0) is 0 Å². The fourth-order valence-corrected chi connectivity index (χ4v) is 9.16. The molecule has 0 aliphatic heterocycles. The Morgan fingerprint density at radius 1 is 0.390 bits per heavy atom. The lowest BCUT2D eigenvalue weighted by atomic mass is 9.94. The van der Waals surface area contributed by atoms with Gasteiger partial charge < -0.3 is 13.9 Å². The summed E-state index contributed by atoms with van der Waals surface area (Å²) < 4.78 is 9.11. The summed E-state index contributed by atoms with van der Waals surface area (Å²) >= 11 is 0. The zero-order valence-corrected chi connectivity index (χ0v) is 32.9. The molecule has 0 fully saturated rings. The minimum Gasteiger partial charge on any atom is -0.455 e. The Hall–Kier alpha value is -7.62. The average Bonchev–Trinajstić information content (AvgIpc) is 3.83. The predicted octanol–water partition coefficient (Wildman–Crippen LogP) is 15.8. The van der Waals surface area contributed by atoms with E-state index in [2.05, 4.69) is 224 Å². The maximum Gasteiger partial charge on any atom is 0.143 e. The van der Waals surface area contributed by atoms with Gasteiger partial charge in [-0.2, -0.15) is 0 Å².